The molecule has 170 valence electrons. The molecule has 32 heavy (non-hydrogen) atoms. The van der Waals surface area contributed by atoms with E-state index in [0.29, 0.717) is 31.5 Å². The zero-order valence-electron chi connectivity index (χ0n) is 17.4. The van der Waals surface area contributed by atoms with E-state index in [4.69, 9.17) is 0 Å². The first-order chi connectivity index (χ1) is 15.2. The van der Waals surface area contributed by atoms with Gasteiger partial charge in [0.05, 0.1) is 4.92 Å². The first kappa shape index (κ1) is 23.0. The summed E-state index contributed by atoms with van der Waals surface area (Å²) < 4.78 is 26.7. The Hall–Kier alpha value is -3.63. The largest absolute Gasteiger partial charge is 0.351 e. The summed E-state index contributed by atoms with van der Waals surface area (Å²) in [6.45, 7) is 2.18. The average molecular weight is 447 g/mol. The van der Waals surface area contributed by atoms with E-state index in [-0.39, 0.29) is 24.0 Å². The van der Waals surface area contributed by atoms with Crippen molar-refractivity contribution in [1.29, 1.82) is 0 Å². The van der Waals surface area contributed by atoms with Crippen molar-refractivity contribution in [3.8, 4) is 0 Å². The zero-order valence-corrected chi connectivity index (χ0v) is 17.4. The highest BCUT2D eigenvalue weighted by Gasteiger charge is 2.28. The number of aromatic nitrogens is 1. The minimum atomic E-state index is -1.03. The van der Waals surface area contributed by atoms with E-state index in [9.17, 15) is 28.5 Å². The number of amides is 2. The zero-order chi connectivity index (χ0) is 23.3. The van der Waals surface area contributed by atoms with Crippen LogP contribution in [-0.2, 0) is 16.0 Å². The van der Waals surface area contributed by atoms with Gasteiger partial charge in [-0.2, -0.15) is 0 Å². The number of rotatable bonds is 7. The van der Waals surface area contributed by atoms with Crippen LogP contribution < -0.4 is 15.5 Å². The molecule has 1 aromatic carbocycles. The van der Waals surface area contributed by atoms with Crippen LogP contribution in [0.2, 0.25) is 0 Å². The fourth-order valence-electron chi connectivity index (χ4n) is 3.67. The Morgan fingerprint density at radius 2 is 1.97 bits per heavy atom. The monoisotopic (exact) mass is 447 g/mol. The Morgan fingerprint density at radius 3 is 2.59 bits per heavy atom. The van der Waals surface area contributed by atoms with E-state index in [0.717, 1.165) is 12.1 Å². The number of hydrogen-bond acceptors (Lipinski definition) is 6. The summed E-state index contributed by atoms with van der Waals surface area (Å²) in [6, 6.07) is 5.07. The van der Waals surface area contributed by atoms with E-state index in [1.807, 2.05) is 0 Å². The Kier molecular flexibility index (Phi) is 7.29. The highest BCUT2D eigenvalue weighted by molar-refractivity contribution is 5.87. The van der Waals surface area contributed by atoms with Gasteiger partial charge in [0.2, 0.25) is 17.6 Å². The molecule has 2 aromatic rings. The molecule has 1 atom stereocenters. The molecule has 3 rings (SSSR count). The first-order valence-corrected chi connectivity index (χ1v) is 10.1. The second-order valence-electron chi connectivity index (χ2n) is 7.58. The number of hydrogen-bond donors (Lipinski definition) is 2. The molecular weight excluding hydrogens is 424 g/mol. The summed E-state index contributed by atoms with van der Waals surface area (Å²) in [5.74, 6) is -2.59. The lowest BCUT2D eigenvalue weighted by molar-refractivity contribution is -0.384. The number of nitrogens with one attached hydrogen (secondary N) is 2. The summed E-state index contributed by atoms with van der Waals surface area (Å²) in [4.78, 5) is 41.0. The maximum Gasteiger partial charge on any atom is 0.311 e. The standard InChI is InChI=1S/C21H23F2N5O4/c1-13(29)25-18(12-14-4-5-16(22)17(23)11-14)21(30)26-15-6-9-27(10-7-15)20-19(28(31)32)3-2-8-24-20/h2-5,8,11,15,18H,6-7,9-10,12H2,1H3,(H,25,29)(H,26,30)/t18-/m0/s1. The van der Waals surface area contributed by atoms with Gasteiger partial charge in [-0.3, -0.25) is 19.7 Å². The molecule has 0 saturated carbocycles. The summed E-state index contributed by atoms with van der Waals surface area (Å²) >= 11 is 0. The third-order valence-corrected chi connectivity index (χ3v) is 5.22. The van der Waals surface area contributed by atoms with Crippen LogP contribution >= 0.6 is 0 Å². The van der Waals surface area contributed by atoms with Crippen molar-refractivity contribution in [2.24, 2.45) is 0 Å². The van der Waals surface area contributed by atoms with E-state index in [1.54, 1.807) is 4.90 Å². The van der Waals surface area contributed by atoms with Crippen molar-refractivity contribution < 1.29 is 23.3 Å². The summed E-state index contributed by atoms with van der Waals surface area (Å²) in [6.07, 6.45) is 2.54. The molecule has 0 radical (unpaired) electrons. The number of nitro groups is 1. The van der Waals surface area contributed by atoms with Gasteiger partial charge in [0.25, 0.3) is 0 Å². The number of carbonyl (C=O) groups is 2. The number of carbonyl (C=O) groups excluding carboxylic acids is 2. The quantitative estimate of drug-likeness (QED) is 0.496. The number of piperidine rings is 1. The second-order valence-corrected chi connectivity index (χ2v) is 7.58. The van der Waals surface area contributed by atoms with Crippen LogP contribution in [0.25, 0.3) is 0 Å². The molecule has 2 amide bonds. The van der Waals surface area contributed by atoms with Crippen LogP contribution in [0.1, 0.15) is 25.3 Å². The van der Waals surface area contributed by atoms with Gasteiger partial charge in [-0.1, -0.05) is 6.07 Å². The maximum atomic E-state index is 13.5. The Morgan fingerprint density at radius 1 is 1.25 bits per heavy atom. The van der Waals surface area contributed by atoms with Crippen molar-refractivity contribution in [3.05, 3.63) is 63.8 Å². The SMILES string of the molecule is CC(=O)N[C@@H](Cc1ccc(F)c(F)c1)C(=O)NC1CCN(c2ncccc2[N+](=O)[O-])CC1. The van der Waals surface area contributed by atoms with Crippen molar-refractivity contribution in [2.45, 2.75) is 38.3 Å². The molecule has 0 aliphatic carbocycles. The van der Waals surface area contributed by atoms with Gasteiger partial charge in [0.1, 0.15) is 6.04 Å². The molecule has 0 bridgehead atoms. The lowest BCUT2D eigenvalue weighted by Crippen LogP contribution is -2.52. The smallest absolute Gasteiger partial charge is 0.311 e. The predicted octanol–water partition coefficient (Wildman–Crippen LogP) is 2.10. The van der Waals surface area contributed by atoms with Gasteiger partial charge in [0.15, 0.2) is 11.6 Å². The Balaban J connectivity index is 1.62. The fraction of sp³-hybridized carbons (Fsp3) is 0.381. The van der Waals surface area contributed by atoms with Crippen LogP contribution in [0.5, 0.6) is 0 Å². The van der Waals surface area contributed by atoms with Gasteiger partial charge < -0.3 is 15.5 Å². The number of anilines is 1. The van der Waals surface area contributed by atoms with E-state index < -0.39 is 34.4 Å². The number of nitrogens with zero attached hydrogens (tertiary/aromatic N) is 3. The highest BCUT2D eigenvalue weighted by Crippen LogP contribution is 2.27. The molecule has 1 saturated heterocycles. The minimum Gasteiger partial charge on any atom is -0.351 e. The predicted molar refractivity (Wildman–Crippen MR) is 112 cm³/mol. The number of pyridine rings is 1. The van der Waals surface area contributed by atoms with Crippen molar-refractivity contribution >= 4 is 23.3 Å². The third kappa shape index (κ3) is 5.74. The second kappa shape index (κ2) is 10.1. The van der Waals surface area contributed by atoms with Crippen LogP contribution in [0, 0.1) is 21.7 Å². The highest BCUT2D eigenvalue weighted by atomic mass is 19.2. The molecular formula is C21H23F2N5O4. The number of benzene rings is 1. The fourth-order valence-corrected chi connectivity index (χ4v) is 3.67. The molecule has 1 aliphatic heterocycles. The van der Waals surface area contributed by atoms with Gasteiger partial charge in [-0.15, -0.1) is 0 Å². The van der Waals surface area contributed by atoms with E-state index in [2.05, 4.69) is 15.6 Å². The van der Waals surface area contributed by atoms with Crippen molar-refractivity contribution in [1.82, 2.24) is 15.6 Å². The third-order valence-electron chi connectivity index (χ3n) is 5.22. The lowest BCUT2D eigenvalue weighted by Gasteiger charge is -2.33. The van der Waals surface area contributed by atoms with Crippen LogP contribution in [0.4, 0.5) is 20.3 Å². The summed E-state index contributed by atoms with van der Waals surface area (Å²) in [7, 11) is 0. The lowest BCUT2D eigenvalue weighted by atomic mass is 10.0. The molecule has 2 N–H and O–H groups in total. The van der Waals surface area contributed by atoms with Crippen LogP contribution in [-0.4, -0.2) is 46.9 Å². The van der Waals surface area contributed by atoms with Crippen molar-refractivity contribution in [3.63, 3.8) is 0 Å². The van der Waals surface area contributed by atoms with Gasteiger partial charge in [-0.05, 0) is 36.6 Å². The first-order valence-electron chi connectivity index (χ1n) is 10.1. The van der Waals surface area contributed by atoms with Crippen LogP contribution in [0.3, 0.4) is 0 Å². The molecule has 0 unspecified atom stereocenters. The molecule has 9 nitrogen and oxygen atoms in total. The van der Waals surface area contributed by atoms with Crippen LogP contribution in [0.15, 0.2) is 36.5 Å². The molecule has 0 spiro atoms. The average Bonchev–Trinajstić information content (AvgIpc) is 2.76. The molecule has 1 fully saturated rings. The summed E-state index contributed by atoms with van der Waals surface area (Å²) in [5.41, 5.74) is 0.294. The molecule has 1 aliphatic rings. The Bertz CT molecular complexity index is 1010. The number of halogens is 2. The van der Waals surface area contributed by atoms with Crippen molar-refractivity contribution in [2.75, 3.05) is 18.0 Å². The van der Waals surface area contributed by atoms with Gasteiger partial charge in [0, 0.05) is 44.7 Å². The molecule has 11 heteroatoms. The summed E-state index contributed by atoms with van der Waals surface area (Å²) in [5, 5.41) is 16.7. The van der Waals surface area contributed by atoms with Gasteiger partial charge in [-0.25, -0.2) is 13.8 Å². The van der Waals surface area contributed by atoms with Gasteiger partial charge >= 0.3 is 5.69 Å². The topological polar surface area (TPSA) is 117 Å². The maximum absolute atomic E-state index is 13.5. The van der Waals surface area contributed by atoms with E-state index in [1.165, 1.54) is 31.3 Å². The molecule has 1 aromatic heterocycles. The molecule has 2 heterocycles. The minimum absolute atomic E-state index is 0.00158. The normalized spacial score (nSPS) is 15.2. The van der Waals surface area contributed by atoms with E-state index >= 15 is 0 Å². The Labute approximate surface area is 183 Å².